The Labute approximate surface area is 179 Å². The normalized spacial score (nSPS) is 16.8. The molecular weight excluding hydrogens is 452 g/mol. The number of aliphatic hydroxyl groups is 1. The lowest BCUT2D eigenvalue weighted by molar-refractivity contribution is 0.0440. The fourth-order valence-electron chi connectivity index (χ4n) is 3.71. The molecule has 1 unspecified atom stereocenters. The molecule has 0 bridgehead atoms. The van der Waals surface area contributed by atoms with Gasteiger partial charge in [-0.05, 0) is 48.0 Å². The van der Waals surface area contributed by atoms with Gasteiger partial charge in [0.1, 0.15) is 11.6 Å². The molecule has 0 aromatic carbocycles. The van der Waals surface area contributed by atoms with Gasteiger partial charge in [-0.1, -0.05) is 6.07 Å². The summed E-state index contributed by atoms with van der Waals surface area (Å²) < 4.78 is 7.68. The van der Waals surface area contributed by atoms with Crippen molar-refractivity contribution < 1.29 is 14.3 Å². The first-order valence-corrected chi connectivity index (χ1v) is 10.3. The molecule has 4 aromatic rings. The number of aromatic nitrogens is 5. The van der Waals surface area contributed by atoms with Gasteiger partial charge in [-0.2, -0.15) is 5.10 Å². The van der Waals surface area contributed by atoms with Crippen LogP contribution in [0.3, 0.4) is 0 Å². The maximum absolute atomic E-state index is 13.5. The molecular formula is C20H19BrN6O3. The van der Waals surface area contributed by atoms with Gasteiger partial charge in [0.15, 0.2) is 4.60 Å². The number of fused-ring (bicyclic) bond motifs is 2. The highest BCUT2D eigenvalue weighted by atomic mass is 79.9. The molecule has 1 amide bonds. The second-order valence-electron chi connectivity index (χ2n) is 7.75. The summed E-state index contributed by atoms with van der Waals surface area (Å²) in [6.07, 6.45) is 4.13. The van der Waals surface area contributed by atoms with Crippen LogP contribution in [0, 0.1) is 0 Å². The number of H-pyrrole nitrogens is 1. The smallest absolute Gasteiger partial charge is 0.293 e. The van der Waals surface area contributed by atoms with E-state index in [1.807, 2.05) is 30.5 Å². The topological polar surface area (TPSA) is 113 Å². The molecule has 0 fully saturated rings. The van der Waals surface area contributed by atoms with E-state index in [2.05, 4.69) is 36.0 Å². The molecule has 1 aliphatic heterocycles. The monoisotopic (exact) mass is 470 g/mol. The van der Waals surface area contributed by atoms with Gasteiger partial charge in [-0.15, -0.1) is 0 Å². The Kier molecular flexibility index (Phi) is 4.30. The molecule has 0 spiro atoms. The first-order chi connectivity index (χ1) is 14.3. The minimum absolute atomic E-state index is 0.0416. The zero-order valence-corrected chi connectivity index (χ0v) is 17.9. The predicted octanol–water partition coefficient (Wildman–Crippen LogP) is 2.82. The number of imidazole rings is 1. The third-order valence-corrected chi connectivity index (χ3v) is 5.70. The number of pyridine rings is 1. The van der Waals surface area contributed by atoms with Crippen LogP contribution < -0.4 is 0 Å². The number of carbonyl (C=O) groups excluding carboxylic acids is 1. The maximum atomic E-state index is 13.5. The van der Waals surface area contributed by atoms with Gasteiger partial charge < -0.3 is 19.4 Å². The Bertz CT molecular complexity index is 1220. The molecule has 5 heterocycles. The maximum Gasteiger partial charge on any atom is 0.293 e. The van der Waals surface area contributed by atoms with Crippen molar-refractivity contribution in [3.8, 4) is 0 Å². The van der Waals surface area contributed by atoms with Gasteiger partial charge >= 0.3 is 0 Å². The molecule has 0 saturated heterocycles. The number of hydrogen-bond donors (Lipinski definition) is 2. The summed E-state index contributed by atoms with van der Waals surface area (Å²) >= 11 is 3.30. The van der Waals surface area contributed by atoms with Crippen molar-refractivity contribution in [1.82, 2.24) is 29.5 Å². The summed E-state index contributed by atoms with van der Waals surface area (Å²) in [7, 11) is 0. The standard InChI is InChI=1S/C20H19BrN6O3/c1-20(2,29)19-24-17(21)16(30-19)18(28)26-8-6-12-14(23-10-22-12)15(26)13-9-11-5-3-4-7-27(11)25-13/h3-5,7,9-10,15,29H,6,8H2,1-2H3,(H,22,23). The molecule has 0 radical (unpaired) electrons. The second kappa shape index (κ2) is 6.78. The number of halogens is 1. The number of nitrogens with zero attached hydrogens (tertiary/aromatic N) is 5. The number of carbonyl (C=O) groups is 1. The van der Waals surface area contributed by atoms with Crippen molar-refractivity contribution in [1.29, 1.82) is 0 Å². The molecule has 2 N–H and O–H groups in total. The molecule has 30 heavy (non-hydrogen) atoms. The Balaban J connectivity index is 1.60. The first kappa shape index (κ1) is 19.0. The lowest BCUT2D eigenvalue weighted by Gasteiger charge is -2.33. The van der Waals surface area contributed by atoms with Gasteiger partial charge in [0.25, 0.3) is 5.91 Å². The third kappa shape index (κ3) is 3.03. The van der Waals surface area contributed by atoms with E-state index in [0.29, 0.717) is 18.7 Å². The van der Waals surface area contributed by atoms with E-state index in [1.165, 1.54) is 0 Å². The van der Waals surface area contributed by atoms with Crippen LogP contribution in [0.4, 0.5) is 0 Å². The van der Waals surface area contributed by atoms with Crippen molar-refractivity contribution in [2.45, 2.75) is 31.9 Å². The van der Waals surface area contributed by atoms with Crippen molar-refractivity contribution in [2.24, 2.45) is 0 Å². The minimum Gasteiger partial charge on any atom is -0.431 e. The fraction of sp³-hybridized carbons (Fsp3) is 0.300. The van der Waals surface area contributed by atoms with E-state index in [9.17, 15) is 9.90 Å². The highest BCUT2D eigenvalue weighted by Gasteiger charge is 2.39. The molecule has 9 nitrogen and oxygen atoms in total. The summed E-state index contributed by atoms with van der Waals surface area (Å²) in [5.41, 5.74) is 2.07. The lowest BCUT2D eigenvalue weighted by atomic mass is 9.99. The average Bonchev–Trinajstić information content (AvgIpc) is 3.43. The van der Waals surface area contributed by atoms with Gasteiger partial charge in [0.2, 0.25) is 11.7 Å². The summed E-state index contributed by atoms with van der Waals surface area (Å²) in [4.78, 5) is 27.0. The zero-order valence-electron chi connectivity index (χ0n) is 16.3. The Hall–Kier alpha value is -2.98. The van der Waals surface area contributed by atoms with Crippen LogP contribution in [-0.4, -0.2) is 47.0 Å². The molecule has 10 heteroatoms. The van der Waals surface area contributed by atoms with Crippen molar-refractivity contribution in [3.63, 3.8) is 0 Å². The molecule has 4 aromatic heterocycles. The van der Waals surface area contributed by atoms with Crippen LogP contribution in [0.5, 0.6) is 0 Å². The highest BCUT2D eigenvalue weighted by molar-refractivity contribution is 9.10. The number of aromatic amines is 1. The van der Waals surface area contributed by atoms with Gasteiger partial charge in [-0.3, -0.25) is 4.79 Å². The van der Waals surface area contributed by atoms with Crippen LogP contribution >= 0.6 is 15.9 Å². The fourth-order valence-corrected chi connectivity index (χ4v) is 4.12. The molecule has 5 rings (SSSR count). The molecule has 0 saturated carbocycles. The Morgan fingerprint density at radius 1 is 1.40 bits per heavy atom. The second-order valence-corrected chi connectivity index (χ2v) is 8.51. The van der Waals surface area contributed by atoms with E-state index in [0.717, 1.165) is 16.9 Å². The number of hydrogen-bond acceptors (Lipinski definition) is 6. The molecule has 1 aliphatic rings. The first-order valence-electron chi connectivity index (χ1n) is 9.49. The Morgan fingerprint density at radius 2 is 2.23 bits per heavy atom. The average molecular weight is 471 g/mol. The van der Waals surface area contributed by atoms with E-state index in [4.69, 9.17) is 4.42 Å². The summed E-state index contributed by atoms with van der Waals surface area (Å²) in [6.45, 7) is 3.56. The molecule has 0 aliphatic carbocycles. The molecule has 1 atom stereocenters. The van der Waals surface area contributed by atoms with Crippen molar-refractivity contribution in [2.75, 3.05) is 6.54 Å². The SMILES string of the molecule is CC(C)(O)c1nc(Br)c(C(=O)N2CCc3[nH]cnc3C2c2cc3ccccn3n2)o1. The van der Waals surface area contributed by atoms with Crippen LogP contribution in [0.25, 0.3) is 5.52 Å². The van der Waals surface area contributed by atoms with E-state index < -0.39 is 11.6 Å². The third-order valence-electron chi connectivity index (χ3n) is 5.16. The van der Waals surface area contributed by atoms with Crippen LogP contribution in [-0.2, 0) is 12.0 Å². The number of amides is 1. The van der Waals surface area contributed by atoms with E-state index in [1.54, 1.807) is 29.6 Å². The lowest BCUT2D eigenvalue weighted by Crippen LogP contribution is -2.41. The molecule has 154 valence electrons. The quantitative estimate of drug-likeness (QED) is 0.475. The highest BCUT2D eigenvalue weighted by Crippen LogP contribution is 2.36. The van der Waals surface area contributed by atoms with Crippen molar-refractivity contribution in [3.05, 3.63) is 70.1 Å². The number of rotatable bonds is 3. The van der Waals surface area contributed by atoms with E-state index >= 15 is 0 Å². The summed E-state index contributed by atoms with van der Waals surface area (Å²) in [5, 5.41) is 14.9. The summed E-state index contributed by atoms with van der Waals surface area (Å²) in [5.74, 6) is -0.236. The summed E-state index contributed by atoms with van der Waals surface area (Å²) in [6, 6.07) is 7.27. The zero-order chi connectivity index (χ0) is 21.0. The van der Waals surface area contributed by atoms with Crippen molar-refractivity contribution >= 4 is 27.4 Å². The van der Waals surface area contributed by atoms with E-state index in [-0.39, 0.29) is 22.2 Å². The van der Waals surface area contributed by atoms with Gasteiger partial charge in [0, 0.05) is 24.9 Å². The minimum atomic E-state index is -1.31. The van der Waals surface area contributed by atoms with Gasteiger partial charge in [0.05, 0.1) is 23.2 Å². The van der Waals surface area contributed by atoms with Gasteiger partial charge in [-0.25, -0.2) is 14.5 Å². The largest absolute Gasteiger partial charge is 0.431 e. The predicted molar refractivity (Wildman–Crippen MR) is 110 cm³/mol. The number of nitrogens with one attached hydrogen (secondary N) is 1. The van der Waals surface area contributed by atoms with Crippen LogP contribution in [0.1, 0.15) is 53.4 Å². The van der Waals surface area contributed by atoms with Crippen LogP contribution in [0.15, 0.2) is 45.8 Å². The van der Waals surface area contributed by atoms with Crippen LogP contribution in [0.2, 0.25) is 0 Å². The Morgan fingerprint density at radius 3 is 2.97 bits per heavy atom. The number of oxazole rings is 1.